The summed E-state index contributed by atoms with van der Waals surface area (Å²) in [6, 6.07) is 22.9. The molecule has 0 aliphatic carbocycles. The molecule has 0 bridgehead atoms. The molecule has 0 saturated carbocycles. The Hall–Kier alpha value is -3.93. The van der Waals surface area contributed by atoms with E-state index >= 15 is 0 Å². The molecular weight excluding hydrogens is 382 g/mol. The molecule has 1 amide bonds. The van der Waals surface area contributed by atoms with Gasteiger partial charge in [0.05, 0.1) is 5.69 Å². The number of hydrogen-bond donors (Lipinski definition) is 1. The van der Waals surface area contributed by atoms with Gasteiger partial charge < -0.3 is 14.8 Å². The van der Waals surface area contributed by atoms with E-state index in [1.807, 2.05) is 30.3 Å². The van der Waals surface area contributed by atoms with Crippen LogP contribution >= 0.6 is 0 Å². The van der Waals surface area contributed by atoms with Gasteiger partial charge in [0.1, 0.15) is 17.9 Å². The van der Waals surface area contributed by atoms with Crippen LogP contribution in [-0.4, -0.2) is 24.3 Å². The zero-order chi connectivity index (χ0) is 21.3. The van der Waals surface area contributed by atoms with Crippen molar-refractivity contribution in [2.24, 2.45) is 0 Å². The topological polar surface area (TPSA) is 81.7 Å². The van der Waals surface area contributed by atoms with Gasteiger partial charge in [-0.05, 0) is 36.8 Å². The second-order valence-electron chi connectivity index (χ2n) is 6.50. The zero-order valence-electron chi connectivity index (χ0n) is 16.5. The van der Waals surface area contributed by atoms with Gasteiger partial charge in [-0.25, -0.2) is 4.79 Å². The van der Waals surface area contributed by atoms with Gasteiger partial charge in [-0.1, -0.05) is 54.6 Å². The first kappa shape index (κ1) is 20.8. The van der Waals surface area contributed by atoms with E-state index < -0.39 is 18.5 Å². The van der Waals surface area contributed by atoms with Crippen LogP contribution in [0.3, 0.4) is 0 Å². The van der Waals surface area contributed by atoms with Crippen molar-refractivity contribution in [3.63, 3.8) is 0 Å². The number of benzene rings is 3. The highest BCUT2D eigenvalue weighted by molar-refractivity contribution is 6.04. The minimum absolute atomic E-state index is 0.174. The number of hydrogen-bond acceptors (Lipinski definition) is 5. The Kier molecular flexibility index (Phi) is 6.95. The summed E-state index contributed by atoms with van der Waals surface area (Å²) in [7, 11) is 0. The second kappa shape index (κ2) is 10.0. The van der Waals surface area contributed by atoms with Crippen molar-refractivity contribution < 1.29 is 23.9 Å². The molecule has 6 nitrogen and oxygen atoms in total. The summed E-state index contributed by atoms with van der Waals surface area (Å²) in [5, 5.41) is 2.59. The molecule has 152 valence electrons. The maximum absolute atomic E-state index is 12.5. The number of nitrogens with one attached hydrogen (secondary N) is 1. The number of rotatable bonds is 8. The van der Waals surface area contributed by atoms with Gasteiger partial charge in [-0.2, -0.15) is 0 Å². The number of ketones is 1. The predicted octanol–water partition coefficient (Wildman–Crippen LogP) is 4.26. The smallest absolute Gasteiger partial charge is 0.342 e. The largest absolute Gasteiger partial charge is 0.488 e. The highest BCUT2D eigenvalue weighted by Crippen LogP contribution is 2.21. The molecule has 1 N–H and O–H groups in total. The number of anilines is 1. The number of amides is 1. The first-order valence-electron chi connectivity index (χ1n) is 9.37. The fourth-order valence-electron chi connectivity index (χ4n) is 2.79. The number of carbonyl (C=O) groups is 3. The minimum Gasteiger partial charge on any atom is -0.488 e. The molecule has 3 rings (SSSR count). The average Bonchev–Trinajstić information content (AvgIpc) is 2.77. The number of ether oxygens (including phenoxy) is 2. The van der Waals surface area contributed by atoms with E-state index in [0.717, 1.165) is 5.56 Å². The first-order chi connectivity index (χ1) is 14.5. The van der Waals surface area contributed by atoms with Crippen molar-refractivity contribution in [1.29, 1.82) is 0 Å². The molecule has 0 spiro atoms. The Labute approximate surface area is 174 Å². The van der Waals surface area contributed by atoms with Crippen molar-refractivity contribution in [2.45, 2.75) is 13.5 Å². The molecule has 3 aromatic carbocycles. The maximum atomic E-state index is 12.5. The van der Waals surface area contributed by atoms with Crippen LogP contribution in [0, 0.1) is 0 Å². The van der Waals surface area contributed by atoms with Crippen molar-refractivity contribution in [3.05, 3.63) is 95.6 Å². The minimum atomic E-state index is -0.673. The molecule has 0 aliphatic rings. The monoisotopic (exact) mass is 403 g/mol. The van der Waals surface area contributed by atoms with Gasteiger partial charge in [0.25, 0.3) is 5.91 Å². The summed E-state index contributed by atoms with van der Waals surface area (Å²) in [4.78, 5) is 36.3. The molecule has 0 aliphatic heterocycles. The van der Waals surface area contributed by atoms with E-state index in [1.165, 1.54) is 6.92 Å². The summed E-state index contributed by atoms with van der Waals surface area (Å²) < 4.78 is 10.9. The van der Waals surface area contributed by atoms with Crippen molar-refractivity contribution >= 4 is 23.3 Å². The second-order valence-corrected chi connectivity index (χ2v) is 6.50. The molecule has 3 aromatic rings. The molecule has 6 heteroatoms. The lowest BCUT2D eigenvalue weighted by Crippen LogP contribution is -2.22. The third kappa shape index (κ3) is 5.54. The van der Waals surface area contributed by atoms with Gasteiger partial charge in [-0.15, -0.1) is 0 Å². The third-order valence-corrected chi connectivity index (χ3v) is 4.26. The van der Waals surface area contributed by atoms with E-state index in [0.29, 0.717) is 23.6 Å². The van der Waals surface area contributed by atoms with Crippen molar-refractivity contribution in [1.82, 2.24) is 0 Å². The van der Waals surface area contributed by atoms with Crippen LogP contribution in [0.15, 0.2) is 78.9 Å². The molecule has 0 radical (unpaired) electrons. The summed E-state index contributed by atoms with van der Waals surface area (Å²) in [5.74, 6) is -1.02. The maximum Gasteiger partial charge on any atom is 0.342 e. The number of Topliss-reactive ketones (excluding diaryl/α,β-unsaturated/α-hetero) is 1. The third-order valence-electron chi connectivity index (χ3n) is 4.26. The Morgan fingerprint density at radius 1 is 0.800 bits per heavy atom. The highest BCUT2D eigenvalue weighted by atomic mass is 16.5. The summed E-state index contributed by atoms with van der Waals surface area (Å²) in [6.45, 7) is 1.23. The lowest BCUT2D eigenvalue weighted by atomic mass is 10.1. The highest BCUT2D eigenvalue weighted by Gasteiger charge is 2.16. The van der Waals surface area contributed by atoms with Gasteiger partial charge >= 0.3 is 5.97 Å². The normalized spacial score (nSPS) is 10.2. The van der Waals surface area contributed by atoms with E-state index in [-0.39, 0.29) is 11.3 Å². The lowest BCUT2D eigenvalue weighted by molar-refractivity contribution is -0.119. The molecular formula is C24H21NO5. The van der Waals surface area contributed by atoms with E-state index in [1.54, 1.807) is 48.5 Å². The van der Waals surface area contributed by atoms with Crippen molar-refractivity contribution in [3.8, 4) is 5.75 Å². The van der Waals surface area contributed by atoms with Gasteiger partial charge in [0.15, 0.2) is 12.4 Å². The van der Waals surface area contributed by atoms with Crippen LogP contribution in [0.25, 0.3) is 0 Å². The lowest BCUT2D eigenvalue weighted by Gasteiger charge is -2.12. The summed E-state index contributed by atoms with van der Waals surface area (Å²) in [5.41, 5.74) is 1.95. The van der Waals surface area contributed by atoms with Crippen molar-refractivity contribution in [2.75, 3.05) is 11.9 Å². The molecule has 0 fully saturated rings. The summed E-state index contributed by atoms with van der Waals surface area (Å²) >= 11 is 0. The number of carbonyl (C=O) groups excluding carboxylic acids is 3. The Bertz CT molecular complexity index is 1050. The quantitative estimate of drug-likeness (QED) is 0.449. The van der Waals surface area contributed by atoms with Crippen LogP contribution in [0.2, 0.25) is 0 Å². The average molecular weight is 403 g/mol. The van der Waals surface area contributed by atoms with E-state index in [9.17, 15) is 14.4 Å². The predicted molar refractivity (Wildman–Crippen MR) is 113 cm³/mol. The van der Waals surface area contributed by atoms with Crippen LogP contribution in [0.5, 0.6) is 5.75 Å². The fraction of sp³-hybridized carbons (Fsp3) is 0.125. The van der Waals surface area contributed by atoms with Crippen LogP contribution in [0.1, 0.15) is 33.2 Å². The zero-order valence-corrected chi connectivity index (χ0v) is 16.5. The molecule has 0 aromatic heterocycles. The standard InChI is InChI=1S/C24H21NO5/c1-17(26)19-11-5-7-13-21(19)25-23(27)16-30-24(28)20-12-6-8-14-22(20)29-15-18-9-3-2-4-10-18/h2-14H,15-16H2,1H3,(H,25,27). The van der Waals surface area contributed by atoms with Crippen LogP contribution in [0.4, 0.5) is 5.69 Å². The molecule has 0 saturated heterocycles. The molecule has 0 unspecified atom stereocenters. The fourth-order valence-corrected chi connectivity index (χ4v) is 2.79. The molecule has 0 atom stereocenters. The SMILES string of the molecule is CC(=O)c1ccccc1NC(=O)COC(=O)c1ccccc1OCc1ccccc1. The van der Waals surface area contributed by atoms with Crippen LogP contribution in [-0.2, 0) is 16.1 Å². The Balaban J connectivity index is 1.60. The number of esters is 1. The molecule has 30 heavy (non-hydrogen) atoms. The Morgan fingerprint density at radius 3 is 2.17 bits per heavy atom. The Morgan fingerprint density at radius 2 is 1.43 bits per heavy atom. The first-order valence-corrected chi connectivity index (χ1v) is 9.37. The number of para-hydroxylation sites is 2. The van der Waals surface area contributed by atoms with Gasteiger partial charge in [0.2, 0.25) is 0 Å². The summed E-state index contributed by atoms with van der Waals surface area (Å²) in [6.07, 6.45) is 0. The molecule has 0 heterocycles. The van der Waals surface area contributed by atoms with Gasteiger partial charge in [-0.3, -0.25) is 9.59 Å². The van der Waals surface area contributed by atoms with Crippen LogP contribution < -0.4 is 10.1 Å². The van der Waals surface area contributed by atoms with Gasteiger partial charge in [0, 0.05) is 5.56 Å². The van der Waals surface area contributed by atoms with E-state index in [4.69, 9.17) is 9.47 Å². The van der Waals surface area contributed by atoms with E-state index in [2.05, 4.69) is 5.32 Å².